The molecule has 0 saturated carbocycles. The SMILES string of the molecule is COC(=O)[C@H](C(C)C)[C@H](NCc1ccccc1)c1ccccc1. The molecule has 0 aliphatic carbocycles. The van der Waals surface area contributed by atoms with Crippen molar-refractivity contribution >= 4 is 5.97 Å². The molecule has 2 aromatic rings. The first-order chi connectivity index (χ1) is 11.1. The number of hydrogen-bond acceptors (Lipinski definition) is 3. The van der Waals surface area contributed by atoms with Gasteiger partial charge in [-0.1, -0.05) is 74.5 Å². The Morgan fingerprint density at radius 2 is 1.57 bits per heavy atom. The molecule has 3 heteroatoms. The number of hydrogen-bond donors (Lipinski definition) is 1. The normalized spacial score (nSPS) is 13.6. The van der Waals surface area contributed by atoms with Gasteiger partial charge in [0.1, 0.15) is 0 Å². The summed E-state index contributed by atoms with van der Waals surface area (Å²) in [5.41, 5.74) is 2.30. The van der Waals surface area contributed by atoms with Crippen molar-refractivity contribution in [1.82, 2.24) is 5.32 Å². The molecule has 0 aliphatic heterocycles. The Labute approximate surface area is 138 Å². The van der Waals surface area contributed by atoms with Gasteiger partial charge in [-0.05, 0) is 17.0 Å². The van der Waals surface area contributed by atoms with Crippen LogP contribution in [0.4, 0.5) is 0 Å². The smallest absolute Gasteiger partial charge is 0.310 e. The molecule has 2 atom stereocenters. The molecular weight excluding hydrogens is 286 g/mol. The van der Waals surface area contributed by atoms with Crippen molar-refractivity contribution in [1.29, 1.82) is 0 Å². The van der Waals surface area contributed by atoms with E-state index in [1.54, 1.807) is 0 Å². The second-order valence-electron chi connectivity index (χ2n) is 6.05. The largest absolute Gasteiger partial charge is 0.469 e. The number of carbonyl (C=O) groups is 1. The van der Waals surface area contributed by atoms with Gasteiger partial charge >= 0.3 is 5.97 Å². The molecule has 0 amide bonds. The maximum absolute atomic E-state index is 12.3. The van der Waals surface area contributed by atoms with Gasteiger partial charge in [0.25, 0.3) is 0 Å². The average Bonchev–Trinajstić information content (AvgIpc) is 2.59. The molecule has 3 nitrogen and oxygen atoms in total. The van der Waals surface area contributed by atoms with Crippen LogP contribution in [0, 0.1) is 11.8 Å². The van der Waals surface area contributed by atoms with Gasteiger partial charge in [0.05, 0.1) is 13.0 Å². The second kappa shape index (κ2) is 8.49. The molecule has 0 saturated heterocycles. The van der Waals surface area contributed by atoms with Crippen molar-refractivity contribution in [2.24, 2.45) is 11.8 Å². The summed E-state index contributed by atoms with van der Waals surface area (Å²) in [6.45, 7) is 4.82. The summed E-state index contributed by atoms with van der Waals surface area (Å²) in [6.07, 6.45) is 0. The predicted molar refractivity (Wildman–Crippen MR) is 92.8 cm³/mol. The van der Waals surface area contributed by atoms with Gasteiger partial charge in [0.15, 0.2) is 0 Å². The van der Waals surface area contributed by atoms with E-state index in [-0.39, 0.29) is 23.8 Å². The molecule has 23 heavy (non-hydrogen) atoms. The zero-order valence-corrected chi connectivity index (χ0v) is 14.0. The van der Waals surface area contributed by atoms with Gasteiger partial charge < -0.3 is 10.1 Å². The van der Waals surface area contributed by atoms with Crippen LogP contribution in [0.3, 0.4) is 0 Å². The van der Waals surface area contributed by atoms with Gasteiger partial charge in [-0.3, -0.25) is 4.79 Å². The third kappa shape index (κ3) is 4.67. The first-order valence-corrected chi connectivity index (χ1v) is 8.03. The minimum atomic E-state index is -0.230. The molecule has 0 spiro atoms. The standard InChI is InChI=1S/C20H25NO2/c1-15(2)18(20(22)23-3)19(17-12-8-5-9-13-17)21-14-16-10-6-4-7-11-16/h4-13,15,18-19,21H,14H2,1-3H3/t18-,19-/m1/s1. The van der Waals surface area contributed by atoms with E-state index in [9.17, 15) is 4.79 Å². The minimum absolute atomic E-state index is 0.0798. The number of ether oxygens (including phenoxy) is 1. The van der Waals surface area contributed by atoms with Crippen molar-refractivity contribution in [3.63, 3.8) is 0 Å². The van der Waals surface area contributed by atoms with Gasteiger partial charge in [0, 0.05) is 12.6 Å². The zero-order chi connectivity index (χ0) is 16.7. The first kappa shape index (κ1) is 17.2. The molecule has 0 heterocycles. The quantitative estimate of drug-likeness (QED) is 0.787. The lowest BCUT2D eigenvalue weighted by atomic mass is 9.84. The predicted octanol–water partition coefficient (Wildman–Crippen LogP) is 3.96. The third-order valence-corrected chi connectivity index (χ3v) is 4.08. The van der Waals surface area contributed by atoms with Crippen LogP contribution in [0.2, 0.25) is 0 Å². The summed E-state index contributed by atoms with van der Waals surface area (Å²) in [5.74, 6) is -0.226. The van der Waals surface area contributed by atoms with E-state index in [1.165, 1.54) is 12.7 Å². The second-order valence-corrected chi connectivity index (χ2v) is 6.05. The molecule has 122 valence electrons. The van der Waals surface area contributed by atoms with Gasteiger partial charge in [-0.15, -0.1) is 0 Å². The van der Waals surface area contributed by atoms with E-state index in [0.717, 1.165) is 5.56 Å². The minimum Gasteiger partial charge on any atom is -0.469 e. The molecule has 0 bridgehead atoms. The van der Waals surface area contributed by atoms with Crippen molar-refractivity contribution in [3.8, 4) is 0 Å². The Kier molecular flexibility index (Phi) is 6.36. The van der Waals surface area contributed by atoms with E-state index in [2.05, 4.69) is 43.4 Å². The summed E-state index contributed by atoms with van der Waals surface area (Å²) < 4.78 is 5.05. The van der Waals surface area contributed by atoms with Gasteiger partial charge in [0.2, 0.25) is 0 Å². The highest BCUT2D eigenvalue weighted by atomic mass is 16.5. The average molecular weight is 311 g/mol. The maximum atomic E-state index is 12.3. The summed E-state index contributed by atoms with van der Waals surface area (Å²) in [7, 11) is 1.46. The Morgan fingerprint density at radius 1 is 1.00 bits per heavy atom. The number of methoxy groups -OCH3 is 1. The fourth-order valence-corrected chi connectivity index (χ4v) is 2.87. The van der Waals surface area contributed by atoms with Crippen LogP contribution in [0.5, 0.6) is 0 Å². The number of carbonyl (C=O) groups excluding carboxylic acids is 1. The summed E-state index contributed by atoms with van der Waals surface area (Å²) in [6, 6.07) is 20.2. The van der Waals surface area contributed by atoms with Crippen molar-refractivity contribution in [2.45, 2.75) is 26.4 Å². The molecule has 0 fully saturated rings. The zero-order valence-electron chi connectivity index (χ0n) is 14.0. The van der Waals surface area contributed by atoms with E-state index >= 15 is 0 Å². The van der Waals surface area contributed by atoms with Crippen molar-refractivity contribution < 1.29 is 9.53 Å². The topological polar surface area (TPSA) is 38.3 Å². The van der Waals surface area contributed by atoms with Crippen LogP contribution < -0.4 is 5.32 Å². The molecule has 2 aromatic carbocycles. The molecule has 0 aliphatic rings. The number of rotatable bonds is 7. The van der Waals surface area contributed by atoms with Crippen LogP contribution in [0.25, 0.3) is 0 Å². The lowest BCUT2D eigenvalue weighted by molar-refractivity contribution is -0.148. The van der Waals surface area contributed by atoms with Crippen LogP contribution in [0.1, 0.15) is 31.0 Å². The first-order valence-electron chi connectivity index (χ1n) is 8.03. The van der Waals surface area contributed by atoms with Crippen molar-refractivity contribution in [2.75, 3.05) is 7.11 Å². The van der Waals surface area contributed by atoms with E-state index < -0.39 is 0 Å². The van der Waals surface area contributed by atoms with E-state index in [4.69, 9.17) is 4.74 Å². The van der Waals surface area contributed by atoms with Crippen LogP contribution in [-0.4, -0.2) is 13.1 Å². The summed E-state index contributed by atoms with van der Waals surface area (Å²) in [5, 5.41) is 3.55. The van der Waals surface area contributed by atoms with Crippen LogP contribution in [0.15, 0.2) is 60.7 Å². The van der Waals surface area contributed by atoms with Crippen LogP contribution in [-0.2, 0) is 16.1 Å². The molecule has 0 radical (unpaired) electrons. The Bertz CT molecular complexity index is 596. The highest BCUT2D eigenvalue weighted by molar-refractivity contribution is 5.73. The maximum Gasteiger partial charge on any atom is 0.310 e. The fourth-order valence-electron chi connectivity index (χ4n) is 2.87. The Hall–Kier alpha value is -2.13. The molecule has 0 unspecified atom stereocenters. The number of esters is 1. The lowest BCUT2D eigenvalue weighted by Crippen LogP contribution is -2.36. The lowest BCUT2D eigenvalue weighted by Gasteiger charge is -2.29. The van der Waals surface area contributed by atoms with Gasteiger partial charge in [-0.25, -0.2) is 0 Å². The Balaban J connectivity index is 2.25. The molecule has 2 rings (SSSR count). The molecular formula is C20H25NO2. The Morgan fingerprint density at radius 3 is 2.09 bits per heavy atom. The van der Waals surface area contributed by atoms with E-state index in [0.29, 0.717) is 6.54 Å². The fraction of sp³-hybridized carbons (Fsp3) is 0.350. The highest BCUT2D eigenvalue weighted by Gasteiger charge is 2.32. The third-order valence-electron chi connectivity index (χ3n) is 4.08. The van der Waals surface area contributed by atoms with Crippen LogP contribution >= 0.6 is 0 Å². The highest BCUT2D eigenvalue weighted by Crippen LogP contribution is 2.29. The molecule has 0 aromatic heterocycles. The van der Waals surface area contributed by atoms with Crippen molar-refractivity contribution in [3.05, 3.63) is 71.8 Å². The number of nitrogens with one attached hydrogen (secondary N) is 1. The van der Waals surface area contributed by atoms with Gasteiger partial charge in [-0.2, -0.15) is 0 Å². The summed E-state index contributed by atoms with van der Waals surface area (Å²) in [4.78, 5) is 12.3. The molecule has 1 N–H and O–H groups in total. The number of benzene rings is 2. The van der Waals surface area contributed by atoms with E-state index in [1.807, 2.05) is 36.4 Å². The summed E-state index contributed by atoms with van der Waals surface area (Å²) >= 11 is 0. The monoisotopic (exact) mass is 311 g/mol.